The molecule has 0 saturated carbocycles. The molecule has 0 spiro atoms. The molecule has 122 valence electrons. The van der Waals surface area contributed by atoms with Gasteiger partial charge < -0.3 is 10.0 Å². The molecule has 1 atom stereocenters. The standard InChI is InChI=1S/C18H20F2N2O/c19-15-7-5-14(6-8-15)18(23)13-21-9-11-22(12-10-21)17-4-2-1-3-16(17)20/h1-8,18,23H,9-13H2/t18-/m1/s1. The summed E-state index contributed by atoms with van der Waals surface area (Å²) in [5.41, 5.74) is 1.34. The Kier molecular flexibility index (Phi) is 4.88. The van der Waals surface area contributed by atoms with Crippen LogP contribution in [0, 0.1) is 11.6 Å². The van der Waals surface area contributed by atoms with E-state index in [9.17, 15) is 13.9 Å². The van der Waals surface area contributed by atoms with Gasteiger partial charge in [-0.3, -0.25) is 4.90 Å². The van der Waals surface area contributed by atoms with Gasteiger partial charge in [-0.15, -0.1) is 0 Å². The first-order valence-electron chi connectivity index (χ1n) is 7.79. The van der Waals surface area contributed by atoms with E-state index < -0.39 is 6.10 Å². The number of para-hydroxylation sites is 1. The van der Waals surface area contributed by atoms with Gasteiger partial charge >= 0.3 is 0 Å². The van der Waals surface area contributed by atoms with Gasteiger partial charge in [0, 0.05) is 32.7 Å². The lowest BCUT2D eigenvalue weighted by Crippen LogP contribution is -2.47. The number of benzene rings is 2. The predicted octanol–water partition coefficient (Wildman–Crippen LogP) is 2.82. The molecule has 0 unspecified atom stereocenters. The molecule has 0 aromatic heterocycles. The highest BCUT2D eigenvalue weighted by molar-refractivity contribution is 5.48. The smallest absolute Gasteiger partial charge is 0.146 e. The summed E-state index contributed by atoms with van der Waals surface area (Å²) in [6.45, 7) is 3.45. The van der Waals surface area contributed by atoms with Crippen LogP contribution in [0.25, 0.3) is 0 Å². The van der Waals surface area contributed by atoms with E-state index in [2.05, 4.69) is 4.90 Å². The molecule has 2 aromatic rings. The van der Waals surface area contributed by atoms with E-state index in [1.807, 2.05) is 11.0 Å². The lowest BCUT2D eigenvalue weighted by molar-refractivity contribution is 0.109. The Hall–Kier alpha value is -1.98. The Balaban J connectivity index is 1.55. The minimum absolute atomic E-state index is 0.202. The number of halogens is 2. The van der Waals surface area contributed by atoms with Crippen LogP contribution in [-0.2, 0) is 0 Å². The van der Waals surface area contributed by atoms with E-state index in [4.69, 9.17) is 0 Å². The number of aliphatic hydroxyl groups is 1. The van der Waals surface area contributed by atoms with Crippen molar-refractivity contribution in [2.24, 2.45) is 0 Å². The largest absolute Gasteiger partial charge is 0.387 e. The predicted molar refractivity (Wildman–Crippen MR) is 86.4 cm³/mol. The van der Waals surface area contributed by atoms with Crippen LogP contribution >= 0.6 is 0 Å². The highest BCUT2D eigenvalue weighted by Gasteiger charge is 2.21. The second kappa shape index (κ2) is 7.06. The third kappa shape index (κ3) is 3.86. The molecule has 0 radical (unpaired) electrons. The summed E-state index contributed by atoms with van der Waals surface area (Å²) in [5, 5.41) is 10.3. The highest BCUT2D eigenvalue weighted by atomic mass is 19.1. The number of β-amino-alcohol motifs (C(OH)–C–C–N with tert-alkyl or cyclic N) is 1. The maximum atomic E-state index is 13.8. The molecule has 5 heteroatoms. The number of anilines is 1. The fourth-order valence-electron chi connectivity index (χ4n) is 2.91. The summed E-state index contributed by atoms with van der Waals surface area (Å²) in [5.74, 6) is -0.508. The summed E-state index contributed by atoms with van der Waals surface area (Å²) >= 11 is 0. The zero-order valence-corrected chi connectivity index (χ0v) is 12.8. The first-order valence-corrected chi connectivity index (χ1v) is 7.79. The van der Waals surface area contributed by atoms with Crippen LogP contribution in [0.2, 0.25) is 0 Å². The van der Waals surface area contributed by atoms with E-state index in [1.165, 1.54) is 18.2 Å². The van der Waals surface area contributed by atoms with E-state index in [0.717, 1.165) is 26.2 Å². The molecule has 3 rings (SSSR count). The lowest BCUT2D eigenvalue weighted by atomic mass is 10.1. The van der Waals surface area contributed by atoms with Crippen molar-refractivity contribution in [2.75, 3.05) is 37.6 Å². The summed E-state index contributed by atoms with van der Waals surface area (Å²) in [4.78, 5) is 4.17. The summed E-state index contributed by atoms with van der Waals surface area (Å²) in [6.07, 6.45) is -0.643. The molecule has 2 aromatic carbocycles. The SMILES string of the molecule is O[C@H](CN1CCN(c2ccccc2F)CC1)c1ccc(F)cc1. The molecule has 1 aliphatic heterocycles. The maximum Gasteiger partial charge on any atom is 0.146 e. The number of piperazine rings is 1. The Morgan fingerprint density at radius 3 is 2.22 bits per heavy atom. The summed E-state index contributed by atoms with van der Waals surface area (Å²) < 4.78 is 26.7. The van der Waals surface area contributed by atoms with Gasteiger partial charge in [-0.1, -0.05) is 24.3 Å². The third-order valence-electron chi connectivity index (χ3n) is 4.25. The van der Waals surface area contributed by atoms with Gasteiger partial charge in [-0.25, -0.2) is 8.78 Å². The van der Waals surface area contributed by atoms with Gasteiger partial charge in [0.25, 0.3) is 0 Å². The van der Waals surface area contributed by atoms with Crippen LogP contribution < -0.4 is 4.90 Å². The normalized spacial score (nSPS) is 17.3. The Labute approximate surface area is 134 Å². The second-order valence-electron chi connectivity index (χ2n) is 5.81. The molecule has 0 aliphatic carbocycles. The molecular formula is C18H20F2N2O. The first kappa shape index (κ1) is 15.9. The molecule has 1 fully saturated rings. The Morgan fingerprint density at radius 2 is 1.57 bits per heavy atom. The third-order valence-corrected chi connectivity index (χ3v) is 4.25. The van der Waals surface area contributed by atoms with Crippen LogP contribution in [0.4, 0.5) is 14.5 Å². The van der Waals surface area contributed by atoms with Crippen molar-refractivity contribution >= 4 is 5.69 Å². The van der Waals surface area contributed by atoms with Crippen LogP contribution in [0.1, 0.15) is 11.7 Å². The zero-order chi connectivity index (χ0) is 16.2. The monoisotopic (exact) mass is 318 g/mol. The number of aliphatic hydroxyl groups excluding tert-OH is 1. The Morgan fingerprint density at radius 1 is 0.913 bits per heavy atom. The van der Waals surface area contributed by atoms with Crippen molar-refractivity contribution in [3.8, 4) is 0 Å². The minimum atomic E-state index is -0.643. The Bertz CT molecular complexity index is 640. The van der Waals surface area contributed by atoms with Gasteiger partial charge in [0.1, 0.15) is 11.6 Å². The molecule has 1 heterocycles. The van der Waals surface area contributed by atoms with E-state index in [-0.39, 0.29) is 11.6 Å². The average molecular weight is 318 g/mol. The van der Waals surface area contributed by atoms with Crippen molar-refractivity contribution in [3.63, 3.8) is 0 Å². The van der Waals surface area contributed by atoms with E-state index >= 15 is 0 Å². The van der Waals surface area contributed by atoms with E-state index in [1.54, 1.807) is 24.3 Å². The fourth-order valence-corrected chi connectivity index (χ4v) is 2.91. The first-order chi connectivity index (χ1) is 11.1. The quantitative estimate of drug-likeness (QED) is 0.939. The summed E-state index contributed by atoms with van der Waals surface area (Å²) in [7, 11) is 0. The van der Waals surface area contributed by atoms with Crippen LogP contribution in [0.3, 0.4) is 0 Å². The van der Waals surface area contributed by atoms with Crippen LogP contribution in [0.15, 0.2) is 48.5 Å². The van der Waals surface area contributed by atoms with Gasteiger partial charge in [0.05, 0.1) is 11.8 Å². The molecule has 23 heavy (non-hydrogen) atoms. The van der Waals surface area contributed by atoms with Crippen molar-refractivity contribution in [3.05, 3.63) is 65.7 Å². The van der Waals surface area contributed by atoms with Gasteiger partial charge in [0.15, 0.2) is 0 Å². The summed E-state index contributed by atoms with van der Waals surface area (Å²) in [6, 6.07) is 12.7. The van der Waals surface area contributed by atoms with Gasteiger partial charge in [-0.05, 0) is 29.8 Å². The highest BCUT2D eigenvalue weighted by Crippen LogP contribution is 2.21. The fraction of sp³-hybridized carbons (Fsp3) is 0.333. The van der Waals surface area contributed by atoms with Gasteiger partial charge in [-0.2, -0.15) is 0 Å². The topological polar surface area (TPSA) is 26.7 Å². The van der Waals surface area contributed by atoms with Crippen LogP contribution in [0.5, 0.6) is 0 Å². The van der Waals surface area contributed by atoms with Crippen molar-refractivity contribution in [1.29, 1.82) is 0 Å². The maximum absolute atomic E-state index is 13.8. The molecule has 0 amide bonds. The second-order valence-corrected chi connectivity index (χ2v) is 5.81. The lowest BCUT2D eigenvalue weighted by Gasteiger charge is -2.37. The molecule has 3 nitrogen and oxygen atoms in total. The molecule has 1 saturated heterocycles. The number of hydrogen-bond donors (Lipinski definition) is 1. The zero-order valence-electron chi connectivity index (χ0n) is 12.8. The van der Waals surface area contributed by atoms with Gasteiger partial charge in [0.2, 0.25) is 0 Å². The van der Waals surface area contributed by atoms with Crippen LogP contribution in [-0.4, -0.2) is 42.7 Å². The molecule has 1 aliphatic rings. The van der Waals surface area contributed by atoms with Crippen molar-refractivity contribution in [1.82, 2.24) is 4.90 Å². The van der Waals surface area contributed by atoms with Crippen molar-refractivity contribution < 1.29 is 13.9 Å². The molecular weight excluding hydrogens is 298 g/mol. The van der Waals surface area contributed by atoms with Crippen molar-refractivity contribution in [2.45, 2.75) is 6.10 Å². The minimum Gasteiger partial charge on any atom is -0.387 e. The number of rotatable bonds is 4. The average Bonchev–Trinajstić information content (AvgIpc) is 2.57. The molecule has 0 bridgehead atoms. The number of hydrogen-bond acceptors (Lipinski definition) is 3. The molecule has 1 N–H and O–H groups in total. The van der Waals surface area contributed by atoms with E-state index in [0.29, 0.717) is 17.8 Å². The number of nitrogens with zero attached hydrogens (tertiary/aromatic N) is 2.